The molecule has 1 aromatic rings. The van der Waals surface area contributed by atoms with Gasteiger partial charge in [0.25, 0.3) is 0 Å². The number of methoxy groups -OCH3 is 1. The van der Waals surface area contributed by atoms with Crippen molar-refractivity contribution in [1.82, 2.24) is 4.98 Å². The number of aliphatic hydroxyl groups is 1. The van der Waals surface area contributed by atoms with Crippen LogP contribution in [0.1, 0.15) is 11.3 Å². The first-order chi connectivity index (χ1) is 8.61. The van der Waals surface area contributed by atoms with Crippen LogP contribution in [-0.4, -0.2) is 48.9 Å². The third-order valence-corrected chi connectivity index (χ3v) is 3.30. The summed E-state index contributed by atoms with van der Waals surface area (Å²) in [5.74, 6) is 0.586. The Labute approximate surface area is 113 Å². The highest BCUT2D eigenvalue weighted by molar-refractivity contribution is 7.99. The largest absolute Gasteiger partial charge is 0.390 e. The average Bonchev–Trinajstić information content (AvgIpc) is 2.31. The van der Waals surface area contributed by atoms with E-state index in [1.54, 1.807) is 18.9 Å². The molecule has 0 saturated carbocycles. The number of nitrogens with zero attached hydrogens (tertiary/aromatic N) is 1. The molecule has 0 amide bonds. The zero-order valence-electron chi connectivity index (χ0n) is 11.2. The second-order valence-corrected chi connectivity index (χ2v) is 5.20. The molecule has 0 saturated heterocycles. The number of rotatable bonds is 8. The van der Waals surface area contributed by atoms with Gasteiger partial charge in [-0.15, -0.1) is 11.8 Å². The first-order valence-electron chi connectivity index (χ1n) is 5.94. The van der Waals surface area contributed by atoms with Crippen LogP contribution in [0.15, 0.2) is 17.2 Å². The van der Waals surface area contributed by atoms with E-state index in [0.717, 1.165) is 10.7 Å². The summed E-state index contributed by atoms with van der Waals surface area (Å²) < 4.78 is 10.1. The van der Waals surface area contributed by atoms with Crippen molar-refractivity contribution in [1.29, 1.82) is 0 Å². The molecule has 1 unspecified atom stereocenters. The van der Waals surface area contributed by atoms with Crippen LogP contribution < -0.4 is 0 Å². The minimum absolute atomic E-state index is 0.334. The summed E-state index contributed by atoms with van der Waals surface area (Å²) in [6.07, 6.45) is -0.477. The Balaban J connectivity index is 2.26. The van der Waals surface area contributed by atoms with Gasteiger partial charge in [-0.05, 0) is 31.5 Å². The van der Waals surface area contributed by atoms with Crippen LogP contribution in [0.2, 0.25) is 0 Å². The van der Waals surface area contributed by atoms with Gasteiger partial charge < -0.3 is 14.6 Å². The fourth-order valence-corrected chi connectivity index (χ4v) is 2.41. The lowest BCUT2D eigenvalue weighted by Crippen LogP contribution is -2.19. The van der Waals surface area contributed by atoms with Gasteiger partial charge in [0.1, 0.15) is 0 Å². The molecule has 1 rings (SSSR count). The van der Waals surface area contributed by atoms with E-state index in [4.69, 9.17) is 9.47 Å². The first-order valence-corrected chi connectivity index (χ1v) is 6.93. The van der Waals surface area contributed by atoms with Gasteiger partial charge in [0.2, 0.25) is 0 Å². The van der Waals surface area contributed by atoms with Crippen LogP contribution >= 0.6 is 11.8 Å². The van der Waals surface area contributed by atoms with Crippen molar-refractivity contribution in [2.24, 2.45) is 0 Å². The third-order valence-electron chi connectivity index (χ3n) is 2.24. The highest BCUT2D eigenvalue weighted by atomic mass is 32.2. The lowest BCUT2D eigenvalue weighted by Gasteiger charge is -2.11. The quantitative estimate of drug-likeness (QED) is 0.577. The fourth-order valence-electron chi connectivity index (χ4n) is 1.47. The smallest absolute Gasteiger partial charge is 0.0966 e. The number of hydrogen-bond acceptors (Lipinski definition) is 5. The molecule has 1 atom stereocenters. The molecule has 0 radical (unpaired) electrons. The molecule has 1 N–H and O–H groups in total. The molecule has 1 heterocycles. The predicted molar refractivity (Wildman–Crippen MR) is 73.1 cm³/mol. The van der Waals surface area contributed by atoms with Crippen molar-refractivity contribution >= 4 is 11.8 Å². The maximum absolute atomic E-state index is 9.73. The summed E-state index contributed by atoms with van der Waals surface area (Å²) in [6, 6.07) is 4.06. The maximum atomic E-state index is 9.73. The number of thioether (sulfide) groups is 1. The highest BCUT2D eigenvalue weighted by Crippen LogP contribution is 2.18. The lowest BCUT2D eigenvalue weighted by molar-refractivity contribution is 0.0218. The van der Waals surface area contributed by atoms with E-state index in [9.17, 15) is 5.11 Å². The number of pyridine rings is 1. The van der Waals surface area contributed by atoms with E-state index in [-0.39, 0.29) is 0 Å². The second-order valence-electron chi connectivity index (χ2n) is 4.16. The Bertz CT molecular complexity index is 340. The average molecular weight is 271 g/mol. The van der Waals surface area contributed by atoms with E-state index >= 15 is 0 Å². The summed E-state index contributed by atoms with van der Waals surface area (Å²) in [6.45, 7) is 5.42. The number of ether oxygens (including phenoxy) is 2. The zero-order chi connectivity index (χ0) is 13.4. The molecule has 4 nitrogen and oxygen atoms in total. The van der Waals surface area contributed by atoms with Gasteiger partial charge in [-0.25, -0.2) is 4.98 Å². The molecular formula is C13H21NO3S. The van der Waals surface area contributed by atoms with Crippen molar-refractivity contribution < 1.29 is 14.6 Å². The Morgan fingerprint density at radius 2 is 2.11 bits per heavy atom. The van der Waals surface area contributed by atoms with E-state index < -0.39 is 6.10 Å². The van der Waals surface area contributed by atoms with E-state index in [1.165, 1.54) is 5.56 Å². The third kappa shape index (κ3) is 6.35. The Morgan fingerprint density at radius 3 is 2.78 bits per heavy atom. The number of hydrogen-bond donors (Lipinski definition) is 1. The van der Waals surface area contributed by atoms with Crippen LogP contribution in [0.3, 0.4) is 0 Å². The van der Waals surface area contributed by atoms with E-state index in [2.05, 4.69) is 4.98 Å². The molecule has 0 aliphatic carbocycles. The number of aryl methyl sites for hydroxylation is 2. The zero-order valence-corrected chi connectivity index (χ0v) is 12.0. The lowest BCUT2D eigenvalue weighted by atomic mass is 10.3. The molecule has 0 aliphatic rings. The van der Waals surface area contributed by atoms with Crippen LogP contribution in [-0.2, 0) is 9.47 Å². The normalized spacial score (nSPS) is 12.7. The summed E-state index contributed by atoms with van der Waals surface area (Å²) in [5, 5.41) is 10.7. The SMILES string of the molecule is COCCOCC(O)CSc1cc(C)cc(C)n1. The molecule has 18 heavy (non-hydrogen) atoms. The van der Waals surface area contributed by atoms with Gasteiger partial charge in [-0.2, -0.15) is 0 Å². The summed E-state index contributed by atoms with van der Waals surface area (Å²) in [7, 11) is 1.63. The Hall–Kier alpha value is -0.620. The fraction of sp³-hybridized carbons (Fsp3) is 0.615. The standard InChI is InChI=1S/C13H21NO3S/c1-10-6-11(2)14-13(7-10)18-9-12(15)8-17-5-4-16-3/h6-7,12,15H,4-5,8-9H2,1-3H3. The van der Waals surface area contributed by atoms with Crippen molar-refractivity contribution in [2.45, 2.75) is 25.0 Å². The molecular weight excluding hydrogens is 250 g/mol. The molecule has 0 spiro atoms. The highest BCUT2D eigenvalue weighted by Gasteiger charge is 2.06. The van der Waals surface area contributed by atoms with Gasteiger partial charge in [-0.1, -0.05) is 0 Å². The molecule has 5 heteroatoms. The van der Waals surface area contributed by atoms with Crippen LogP contribution in [0, 0.1) is 13.8 Å². The maximum Gasteiger partial charge on any atom is 0.0966 e. The second kappa shape index (κ2) is 8.48. The first kappa shape index (κ1) is 15.4. The summed E-state index contributed by atoms with van der Waals surface area (Å²) >= 11 is 1.55. The minimum Gasteiger partial charge on any atom is -0.390 e. The van der Waals surface area contributed by atoms with Crippen LogP contribution in [0.4, 0.5) is 0 Å². The molecule has 102 valence electrons. The van der Waals surface area contributed by atoms with Gasteiger partial charge in [-0.3, -0.25) is 0 Å². The molecule has 0 fully saturated rings. The van der Waals surface area contributed by atoms with Crippen molar-refractivity contribution in [3.05, 3.63) is 23.4 Å². The molecule has 0 aromatic carbocycles. The minimum atomic E-state index is -0.477. The summed E-state index contributed by atoms with van der Waals surface area (Å²) in [4.78, 5) is 4.41. The Morgan fingerprint density at radius 1 is 1.33 bits per heavy atom. The predicted octanol–water partition coefficient (Wildman–Crippen LogP) is 1.81. The van der Waals surface area contributed by atoms with Crippen molar-refractivity contribution in [3.63, 3.8) is 0 Å². The molecule has 0 bridgehead atoms. The van der Waals surface area contributed by atoms with Gasteiger partial charge in [0, 0.05) is 18.6 Å². The van der Waals surface area contributed by atoms with Gasteiger partial charge in [0.15, 0.2) is 0 Å². The molecule has 0 aliphatic heterocycles. The monoisotopic (exact) mass is 271 g/mol. The summed E-state index contributed by atoms with van der Waals surface area (Å²) in [5.41, 5.74) is 2.19. The number of aliphatic hydroxyl groups excluding tert-OH is 1. The van der Waals surface area contributed by atoms with Crippen LogP contribution in [0.5, 0.6) is 0 Å². The number of aromatic nitrogens is 1. The molecule has 1 aromatic heterocycles. The van der Waals surface area contributed by atoms with E-state index in [1.807, 2.05) is 26.0 Å². The van der Waals surface area contributed by atoms with Gasteiger partial charge >= 0.3 is 0 Å². The van der Waals surface area contributed by atoms with Crippen LogP contribution in [0.25, 0.3) is 0 Å². The van der Waals surface area contributed by atoms with Crippen molar-refractivity contribution in [3.8, 4) is 0 Å². The van der Waals surface area contributed by atoms with Gasteiger partial charge in [0.05, 0.1) is 31.0 Å². The topological polar surface area (TPSA) is 51.6 Å². The van der Waals surface area contributed by atoms with E-state index in [0.29, 0.717) is 25.6 Å². The Kier molecular flexibility index (Phi) is 7.27. The van der Waals surface area contributed by atoms with Crippen molar-refractivity contribution in [2.75, 3.05) is 32.7 Å².